The molecular formula is C17H19BrFNO3. The summed E-state index contributed by atoms with van der Waals surface area (Å²) in [5.41, 5.74) is 0.666. The summed E-state index contributed by atoms with van der Waals surface area (Å²) in [6.07, 6.45) is 1.83. The van der Waals surface area contributed by atoms with Gasteiger partial charge in [0.2, 0.25) is 5.91 Å². The largest absolute Gasteiger partial charge is 0.469 e. The SMILES string of the molecule is C=CCN(Cc1ccc(Br)cc1F)C(=O)C(=C)CCC(=O)OC. The fraction of sp³-hybridized carbons (Fsp3) is 0.294. The number of rotatable bonds is 8. The van der Waals surface area contributed by atoms with Crippen molar-refractivity contribution in [2.24, 2.45) is 0 Å². The van der Waals surface area contributed by atoms with Gasteiger partial charge >= 0.3 is 5.97 Å². The Hall–Kier alpha value is -1.95. The van der Waals surface area contributed by atoms with Gasteiger partial charge in [0, 0.05) is 35.1 Å². The molecule has 0 aliphatic rings. The van der Waals surface area contributed by atoms with Gasteiger partial charge in [-0.1, -0.05) is 34.7 Å². The lowest BCUT2D eigenvalue weighted by Gasteiger charge is -2.22. The van der Waals surface area contributed by atoms with Crippen molar-refractivity contribution in [3.05, 3.63) is 58.9 Å². The first-order valence-electron chi connectivity index (χ1n) is 6.97. The van der Waals surface area contributed by atoms with E-state index in [9.17, 15) is 14.0 Å². The third kappa shape index (κ3) is 5.98. The Kier molecular flexibility index (Phi) is 7.68. The van der Waals surface area contributed by atoms with Crippen LogP contribution in [0, 0.1) is 5.82 Å². The molecule has 0 saturated carbocycles. The molecule has 1 aromatic carbocycles. The van der Waals surface area contributed by atoms with Gasteiger partial charge in [-0.05, 0) is 18.6 Å². The Morgan fingerprint density at radius 3 is 2.65 bits per heavy atom. The molecule has 4 nitrogen and oxygen atoms in total. The standard InChI is InChI=1S/C17H19BrFNO3/c1-4-9-20(11-13-6-7-14(18)10-15(13)19)17(22)12(2)5-8-16(21)23-3/h4,6-7,10H,1-2,5,8-9,11H2,3H3. The summed E-state index contributed by atoms with van der Waals surface area (Å²) >= 11 is 3.19. The molecule has 1 amide bonds. The van der Waals surface area contributed by atoms with Crippen LogP contribution in [0.5, 0.6) is 0 Å². The number of halogens is 2. The summed E-state index contributed by atoms with van der Waals surface area (Å²) in [5, 5.41) is 0. The number of carbonyl (C=O) groups is 2. The van der Waals surface area contributed by atoms with Gasteiger partial charge in [-0.25, -0.2) is 4.39 Å². The van der Waals surface area contributed by atoms with Crippen LogP contribution in [0.15, 0.2) is 47.5 Å². The molecule has 0 fully saturated rings. The monoisotopic (exact) mass is 383 g/mol. The van der Waals surface area contributed by atoms with Crippen LogP contribution in [0.3, 0.4) is 0 Å². The molecule has 23 heavy (non-hydrogen) atoms. The van der Waals surface area contributed by atoms with Crippen LogP contribution in [-0.2, 0) is 20.9 Å². The summed E-state index contributed by atoms with van der Waals surface area (Å²) < 4.78 is 19.1. The van der Waals surface area contributed by atoms with E-state index in [-0.39, 0.29) is 37.4 Å². The lowest BCUT2D eigenvalue weighted by atomic mass is 10.1. The Labute approximate surface area is 143 Å². The molecule has 0 bridgehead atoms. The first kappa shape index (κ1) is 19.1. The minimum Gasteiger partial charge on any atom is -0.469 e. The quantitative estimate of drug-likeness (QED) is 0.391. The number of esters is 1. The molecule has 0 N–H and O–H groups in total. The fourth-order valence-electron chi connectivity index (χ4n) is 1.92. The number of benzene rings is 1. The van der Waals surface area contributed by atoms with Gasteiger partial charge in [0.05, 0.1) is 7.11 Å². The predicted octanol–water partition coefficient (Wildman–Crippen LogP) is 3.61. The van der Waals surface area contributed by atoms with Crippen molar-refractivity contribution in [3.8, 4) is 0 Å². The van der Waals surface area contributed by atoms with E-state index in [1.807, 2.05) is 0 Å². The highest BCUT2D eigenvalue weighted by Crippen LogP contribution is 2.18. The van der Waals surface area contributed by atoms with Gasteiger partial charge in [0.15, 0.2) is 0 Å². The third-order valence-corrected chi connectivity index (χ3v) is 3.67. The topological polar surface area (TPSA) is 46.6 Å². The summed E-state index contributed by atoms with van der Waals surface area (Å²) in [7, 11) is 1.28. The molecule has 0 aliphatic carbocycles. The summed E-state index contributed by atoms with van der Waals surface area (Å²) in [5.74, 6) is -1.15. The lowest BCUT2D eigenvalue weighted by molar-refractivity contribution is -0.140. The van der Waals surface area contributed by atoms with E-state index in [1.54, 1.807) is 18.2 Å². The van der Waals surface area contributed by atoms with Crippen molar-refractivity contribution >= 4 is 27.8 Å². The Balaban J connectivity index is 2.80. The first-order valence-corrected chi connectivity index (χ1v) is 7.77. The average Bonchev–Trinajstić information content (AvgIpc) is 2.53. The molecule has 0 unspecified atom stereocenters. The van der Waals surface area contributed by atoms with Crippen LogP contribution < -0.4 is 0 Å². The first-order chi connectivity index (χ1) is 10.9. The molecule has 124 valence electrons. The van der Waals surface area contributed by atoms with Gasteiger partial charge in [0.1, 0.15) is 5.82 Å². The van der Waals surface area contributed by atoms with E-state index in [0.717, 1.165) is 0 Å². The second-order valence-corrected chi connectivity index (χ2v) is 5.81. The van der Waals surface area contributed by atoms with Gasteiger partial charge < -0.3 is 9.64 Å². The fourth-order valence-corrected chi connectivity index (χ4v) is 2.25. The average molecular weight is 384 g/mol. The number of carbonyl (C=O) groups excluding carboxylic acids is 2. The van der Waals surface area contributed by atoms with Crippen molar-refractivity contribution in [3.63, 3.8) is 0 Å². The molecule has 0 heterocycles. The van der Waals surface area contributed by atoms with Crippen LogP contribution in [0.2, 0.25) is 0 Å². The third-order valence-electron chi connectivity index (χ3n) is 3.17. The van der Waals surface area contributed by atoms with Gasteiger partial charge in [-0.3, -0.25) is 9.59 Å². The minimum absolute atomic E-state index is 0.0790. The Morgan fingerprint density at radius 1 is 1.39 bits per heavy atom. The highest BCUT2D eigenvalue weighted by molar-refractivity contribution is 9.10. The van der Waals surface area contributed by atoms with Crippen LogP contribution in [0.1, 0.15) is 18.4 Å². The lowest BCUT2D eigenvalue weighted by Crippen LogP contribution is -2.32. The number of ether oxygens (including phenoxy) is 1. The minimum atomic E-state index is -0.409. The Bertz CT molecular complexity index is 616. The summed E-state index contributed by atoms with van der Waals surface area (Å²) in [6, 6.07) is 4.67. The Morgan fingerprint density at radius 2 is 2.09 bits per heavy atom. The number of nitrogens with zero attached hydrogens (tertiary/aromatic N) is 1. The second kappa shape index (κ2) is 9.25. The molecule has 6 heteroatoms. The van der Waals surface area contributed by atoms with Crippen LogP contribution in [0.25, 0.3) is 0 Å². The van der Waals surface area contributed by atoms with Crippen molar-refractivity contribution < 1.29 is 18.7 Å². The molecule has 1 rings (SSSR count). The van der Waals surface area contributed by atoms with E-state index < -0.39 is 11.8 Å². The number of methoxy groups -OCH3 is 1. The maximum Gasteiger partial charge on any atom is 0.305 e. The zero-order valence-electron chi connectivity index (χ0n) is 13.0. The maximum absolute atomic E-state index is 13.9. The van der Waals surface area contributed by atoms with Crippen molar-refractivity contribution in [1.29, 1.82) is 0 Å². The molecular weight excluding hydrogens is 365 g/mol. The predicted molar refractivity (Wildman–Crippen MR) is 90.1 cm³/mol. The van der Waals surface area contributed by atoms with Crippen molar-refractivity contribution in [1.82, 2.24) is 4.90 Å². The highest BCUT2D eigenvalue weighted by atomic mass is 79.9. The molecule has 0 spiro atoms. The highest BCUT2D eigenvalue weighted by Gasteiger charge is 2.18. The van der Waals surface area contributed by atoms with Crippen molar-refractivity contribution in [2.75, 3.05) is 13.7 Å². The number of hydrogen-bond donors (Lipinski definition) is 0. The van der Waals surface area contributed by atoms with Crippen LogP contribution in [0.4, 0.5) is 4.39 Å². The molecule has 0 aromatic heterocycles. The van der Waals surface area contributed by atoms with E-state index in [4.69, 9.17) is 0 Å². The van der Waals surface area contributed by atoms with Crippen LogP contribution >= 0.6 is 15.9 Å². The molecule has 0 atom stereocenters. The van der Waals surface area contributed by atoms with Gasteiger partial charge in [0.25, 0.3) is 0 Å². The maximum atomic E-state index is 13.9. The smallest absolute Gasteiger partial charge is 0.305 e. The summed E-state index contributed by atoms with van der Waals surface area (Å²) in [4.78, 5) is 25.0. The van der Waals surface area contributed by atoms with Crippen molar-refractivity contribution in [2.45, 2.75) is 19.4 Å². The molecule has 0 radical (unpaired) electrons. The second-order valence-electron chi connectivity index (χ2n) is 4.89. The normalized spacial score (nSPS) is 10.0. The zero-order valence-corrected chi connectivity index (χ0v) is 14.6. The van der Waals surface area contributed by atoms with Gasteiger partial charge in [-0.2, -0.15) is 0 Å². The molecule has 0 saturated heterocycles. The number of hydrogen-bond acceptors (Lipinski definition) is 3. The van der Waals surface area contributed by atoms with Gasteiger partial charge in [-0.15, -0.1) is 6.58 Å². The molecule has 0 aliphatic heterocycles. The number of amides is 1. The van der Waals surface area contributed by atoms with Crippen LogP contribution in [-0.4, -0.2) is 30.4 Å². The van der Waals surface area contributed by atoms with E-state index in [1.165, 1.54) is 18.1 Å². The van der Waals surface area contributed by atoms with E-state index >= 15 is 0 Å². The zero-order chi connectivity index (χ0) is 17.4. The summed E-state index contributed by atoms with van der Waals surface area (Å²) in [6.45, 7) is 7.67. The van der Waals surface area contributed by atoms with E-state index in [0.29, 0.717) is 10.0 Å². The molecule has 1 aromatic rings. The van der Waals surface area contributed by atoms with E-state index in [2.05, 4.69) is 33.8 Å².